The van der Waals surface area contributed by atoms with Crippen LogP contribution in [0.1, 0.15) is 17.0 Å². The Labute approximate surface area is 201 Å². The molecular formula is C25H26N4O6. The number of oxazole rings is 1. The maximum atomic E-state index is 11.3. The second-order valence-electron chi connectivity index (χ2n) is 8.21. The lowest BCUT2D eigenvalue weighted by Gasteiger charge is -2.25. The molecule has 0 unspecified atom stereocenters. The average molecular weight is 479 g/mol. The van der Waals surface area contributed by atoms with Crippen LogP contribution in [0.5, 0.6) is 11.5 Å². The number of nitrogens with one attached hydrogen (secondary N) is 1. The number of hydrogen-bond donors (Lipinski definition) is 1. The van der Waals surface area contributed by atoms with Gasteiger partial charge in [-0.25, -0.2) is 9.78 Å². The maximum absolute atomic E-state index is 11.3. The minimum atomic E-state index is -0.591. The highest BCUT2D eigenvalue weighted by atomic mass is 16.5. The summed E-state index contributed by atoms with van der Waals surface area (Å²) in [5.41, 5.74) is 3.26. The molecule has 0 radical (unpaired) electrons. The summed E-state index contributed by atoms with van der Waals surface area (Å²) in [6.45, 7) is 5.87. The van der Waals surface area contributed by atoms with Gasteiger partial charge in [-0.3, -0.25) is 14.4 Å². The van der Waals surface area contributed by atoms with Gasteiger partial charge in [-0.1, -0.05) is 5.16 Å². The zero-order valence-electron chi connectivity index (χ0n) is 19.6. The molecule has 182 valence electrons. The first-order valence-electron chi connectivity index (χ1n) is 11.3. The van der Waals surface area contributed by atoms with E-state index in [1.807, 2.05) is 49.4 Å². The van der Waals surface area contributed by atoms with Crippen molar-refractivity contribution in [2.45, 2.75) is 20.1 Å². The summed E-state index contributed by atoms with van der Waals surface area (Å²) < 4.78 is 27.6. The molecule has 0 amide bonds. The summed E-state index contributed by atoms with van der Waals surface area (Å²) in [7, 11) is 1.63. The van der Waals surface area contributed by atoms with Gasteiger partial charge in [-0.15, -0.1) is 0 Å². The molecular weight excluding hydrogens is 452 g/mol. The highest BCUT2D eigenvalue weighted by Crippen LogP contribution is 2.28. The van der Waals surface area contributed by atoms with Gasteiger partial charge in [-0.2, -0.15) is 0 Å². The van der Waals surface area contributed by atoms with E-state index >= 15 is 0 Å². The molecule has 10 heteroatoms. The Morgan fingerprint density at radius 1 is 1.09 bits per heavy atom. The van der Waals surface area contributed by atoms with E-state index in [1.165, 1.54) is 0 Å². The summed E-state index contributed by atoms with van der Waals surface area (Å²) in [6, 6.07) is 13.1. The quantitative estimate of drug-likeness (QED) is 0.407. The molecule has 1 fully saturated rings. The van der Waals surface area contributed by atoms with Crippen molar-refractivity contribution in [3.63, 3.8) is 0 Å². The second-order valence-corrected chi connectivity index (χ2v) is 8.21. The van der Waals surface area contributed by atoms with Gasteiger partial charge in [0, 0.05) is 24.2 Å². The van der Waals surface area contributed by atoms with Crippen molar-refractivity contribution < 1.29 is 23.2 Å². The van der Waals surface area contributed by atoms with Gasteiger partial charge in [0.2, 0.25) is 5.89 Å². The normalized spacial score (nSPS) is 14.2. The molecule has 0 atom stereocenters. The third-order valence-corrected chi connectivity index (χ3v) is 5.85. The molecule has 2 aromatic heterocycles. The first-order valence-corrected chi connectivity index (χ1v) is 11.3. The van der Waals surface area contributed by atoms with Crippen LogP contribution < -0.4 is 15.2 Å². The lowest BCUT2D eigenvalue weighted by molar-refractivity contribution is 0.0311. The Morgan fingerprint density at radius 3 is 2.54 bits per heavy atom. The molecule has 1 aliphatic heterocycles. The second kappa shape index (κ2) is 10.2. The van der Waals surface area contributed by atoms with Crippen LogP contribution in [0.4, 0.5) is 0 Å². The number of rotatable bonds is 8. The van der Waals surface area contributed by atoms with Crippen molar-refractivity contribution >= 4 is 0 Å². The highest BCUT2D eigenvalue weighted by Gasteiger charge is 2.20. The number of nitrogens with zero attached hydrogens (tertiary/aromatic N) is 3. The molecule has 3 heterocycles. The van der Waals surface area contributed by atoms with Gasteiger partial charge in [0.25, 0.3) is 0 Å². The number of aromatic nitrogens is 3. The summed E-state index contributed by atoms with van der Waals surface area (Å²) in [5.74, 6) is 2.54. The molecule has 2 aromatic carbocycles. The van der Waals surface area contributed by atoms with Crippen molar-refractivity contribution in [3.05, 3.63) is 70.0 Å². The Kier molecular flexibility index (Phi) is 6.64. The number of aryl methyl sites for hydroxylation is 1. The van der Waals surface area contributed by atoms with E-state index in [-0.39, 0.29) is 6.61 Å². The highest BCUT2D eigenvalue weighted by molar-refractivity contribution is 5.60. The van der Waals surface area contributed by atoms with E-state index in [4.69, 9.17) is 23.6 Å². The summed E-state index contributed by atoms with van der Waals surface area (Å²) in [4.78, 5) is 20.9. The van der Waals surface area contributed by atoms with Crippen molar-refractivity contribution in [2.24, 2.45) is 0 Å². The van der Waals surface area contributed by atoms with Crippen LogP contribution in [-0.2, 0) is 17.9 Å². The fraction of sp³-hybridized carbons (Fsp3) is 0.320. The summed E-state index contributed by atoms with van der Waals surface area (Å²) >= 11 is 0. The molecule has 4 aromatic rings. The van der Waals surface area contributed by atoms with Gasteiger partial charge in [0.1, 0.15) is 29.6 Å². The van der Waals surface area contributed by atoms with Crippen LogP contribution in [0.3, 0.4) is 0 Å². The number of methoxy groups -OCH3 is 1. The molecule has 0 bridgehead atoms. The Balaban J connectivity index is 1.36. The van der Waals surface area contributed by atoms with Gasteiger partial charge in [0.15, 0.2) is 5.82 Å². The number of hydrogen-bond acceptors (Lipinski definition) is 9. The van der Waals surface area contributed by atoms with E-state index in [9.17, 15) is 4.79 Å². The molecule has 0 aliphatic carbocycles. The zero-order chi connectivity index (χ0) is 24.2. The molecule has 1 saturated heterocycles. The van der Waals surface area contributed by atoms with E-state index in [2.05, 4.69) is 19.6 Å². The van der Waals surface area contributed by atoms with Crippen LogP contribution >= 0.6 is 0 Å². The number of aromatic amines is 1. The predicted molar refractivity (Wildman–Crippen MR) is 126 cm³/mol. The number of ether oxygens (including phenoxy) is 3. The van der Waals surface area contributed by atoms with Crippen molar-refractivity contribution in [1.29, 1.82) is 0 Å². The van der Waals surface area contributed by atoms with E-state index in [1.54, 1.807) is 7.11 Å². The van der Waals surface area contributed by atoms with Crippen LogP contribution in [0.25, 0.3) is 22.8 Å². The summed E-state index contributed by atoms with van der Waals surface area (Å²) in [5, 5.41) is 3.75. The Bertz CT molecular complexity index is 1330. The molecule has 35 heavy (non-hydrogen) atoms. The molecule has 5 rings (SSSR count). The molecule has 1 aliphatic rings. The fourth-order valence-electron chi connectivity index (χ4n) is 3.93. The largest absolute Gasteiger partial charge is 0.497 e. The molecule has 0 saturated carbocycles. The Hall–Kier alpha value is -3.89. The maximum Gasteiger partial charge on any atom is 0.439 e. The molecule has 1 N–H and O–H groups in total. The number of benzene rings is 2. The summed E-state index contributed by atoms with van der Waals surface area (Å²) in [6.07, 6.45) is 0. The predicted octanol–water partition coefficient (Wildman–Crippen LogP) is 3.41. The molecule has 0 spiro atoms. The molecule has 10 nitrogen and oxygen atoms in total. The monoisotopic (exact) mass is 478 g/mol. The minimum absolute atomic E-state index is 0.249. The van der Waals surface area contributed by atoms with E-state index in [0.29, 0.717) is 37.2 Å². The van der Waals surface area contributed by atoms with Crippen LogP contribution in [0.15, 0.2) is 56.2 Å². The number of H-pyrrole nitrogens is 1. The van der Waals surface area contributed by atoms with Gasteiger partial charge in [0.05, 0.1) is 26.9 Å². The van der Waals surface area contributed by atoms with E-state index in [0.717, 1.165) is 47.0 Å². The smallest absolute Gasteiger partial charge is 0.439 e. The van der Waals surface area contributed by atoms with Gasteiger partial charge < -0.3 is 18.6 Å². The van der Waals surface area contributed by atoms with Gasteiger partial charge in [-0.05, 0) is 55.0 Å². The average Bonchev–Trinajstić information content (AvgIpc) is 3.49. The lowest BCUT2D eigenvalue weighted by atomic mass is 10.1. The van der Waals surface area contributed by atoms with Crippen molar-refractivity contribution in [3.8, 4) is 34.3 Å². The zero-order valence-corrected chi connectivity index (χ0v) is 19.6. The topological polar surface area (TPSA) is 116 Å². The minimum Gasteiger partial charge on any atom is -0.497 e. The fourth-order valence-corrected chi connectivity index (χ4v) is 3.93. The van der Waals surface area contributed by atoms with E-state index < -0.39 is 5.76 Å². The SMILES string of the molecule is COc1ccc(-c2nc(COc3ccc(-c4noc(=O)[nH]4)c(C)c3)c(CN3CCOCC3)o2)cc1. The first-order chi connectivity index (χ1) is 17.1. The van der Waals surface area contributed by atoms with Crippen molar-refractivity contribution in [2.75, 3.05) is 33.4 Å². The third kappa shape index (κ3) is 5.28. The number of morpholine rings is 1. The lowest BCUT2D eigenvalue weighted by Crippen LogP contribution is -2.35. The van der Waals surface area contributed by atoms with Crippen LogP contribution in [0.2, 0.25) is 0 Å². The third-order valence-electron chi connectivity index (χ3n) is 5.85. The van der Waals surface area contributed by atoms with Gasteiger partial charge >= 0.3 is 5.76 Å². The van der Waals surface area contributed by atoms with Crippen LogP contribution in [-0.4, -0.2) is 53.4 Å². The van der Waals surface area contributed by atoms with Crippen molar-refractivity contribution in [1.82, 2.24) is 20.0 Å². The van der Waals surface area contributed by atoms with Crippen LogP contribution in [0, 0.1) is 6.92 Å². The standard InChI is InChI=1S/C25H26N4O6/c1-16-13-19(7-8-20(16)23-27-25(30)35-28-23)33-15-21-22(14-29-9-11-32-12-10-29)34-24(26-21)17-3-5-18(31-2)6-4-17/h3-8,13H,9-12,14-15H2,1-2H3,(H,27,28,30). The Morgan fingerprint density at radius 2 is 1.86 bits per heavy atom. The first kappa shape index (κ1) is 22.9.